The van der Waals surface area contributed by atoms with Crippen LogP contribution in [0.15, 0.2) is 0 Å². The Hall–Kier alpha value is -1.34. The molecule has 2 amide bonds. The maximum Gasteiger partial charge on any atom is 0.320 e. The molecular weight excluding hydrogens is 262 g/mol. The van der Waals surface area contributed by atoms with Crippen LogP contribution in [0.3, 0.4) is 0 Å². The number of urea groups is 1. The molecule has 7 heteroatoms. The van der Waals surface area contributed by atoms with Gasteiger partial charge < -0.3 is 20.0 Å². The second-order valence-electron chi connectivity index (χ2n) is 5.50. The number of hydrogen-bond acceptors (Lipinski definition) is 4. The lowest BCUT2D eigenvalue weighted by atomic mass is 10.1. The molecule has 2 N–H and O–H groups in total. The van der Waals surface area contributed by atoms with Crippen LogP contribution in [0.2, 0.25) is 0 Å². The number of likely N-dealkylation sites (tertiary alicyclic amines) is 1. The van der Waals surface area contributed by atoms with Crippen molar-refractivity contribution < 1.29 is 19.8 Å². The fourth-order valence-corrected chi connectivity index (χ4v) is 2.75. The van der Waals surface area contributed by atoms with Crippen LogP contribution in [-0.4, -0.2) is 88.8 Å². The van der Waals surface area contributed by atoms with Crippen molar-refractivity contribution in [1.29, 1.82) is 0 Å². The Balaban J connectivity index is 1.75. The topological polar surface area (TPSA) is 84.3 Å². The molecule has 2 rings (SSSR count). The smallest absolute Gasteiger partial charge is 0.320 e. The van der Waals surface area contributed by atoms with Gasteiger partial charge in [-0.1, -0.05) is 0 Å². The number of carboxylic acids is 1. The lowest BCUT2D eigenvalue weighted by Gasteiger charge is -2.39. The molecule has 2 aliphatic rings. The minimum atomic E-state index is -0.786. The third-order valence-electron chi connectivity index (χ3n) is 3.95. The molecule has 7 nitrogen and oxygen atoms in total. The molecule has 1 unspecified atom stereocenters. The Bertz CT molecular complexity index is 356. The summed E-state index contributed by atoms with van der Waals surface area (Å²) in [6.45, 7) is 4.38. The fraction of sp³-hybridized carbons (Fsp3) is 0.846. The molecule has 0 aromatic carbocycles. The minimum Gasteiger partial charge on any atom is -0.481 e. The largest absolute Gasteiger partial charge is 0.481 e. The van der Waals surface area contributed by atoms with E-state index in [2.05, 4.69) is 4.90 Å². The van der Waals surface area contributed by atoms with Crippen LogP contribution in [0.5, 0.6) is 0 Å². The van der Waals surface area contributed by atoms with E-state index in [1.807, 2.05) is 0 Å². The highest BCUT2D eigenvalue weighted by molar-refractivity contribution is 5.74. The Morgan fingerprint density at radius 1 is 1.05 bits per heavy atom. The highest BCUT2D eigenvalue weighted by atomic mass is 16.4. The summed E-state index contributed by atoms with van der Waals surface area (Å²) in [5, 5.41) is 18.3. The second kappa shape index (κ2) is 6.90. The number of aliphatic hydroxyl groups is 1. The van der Waals surface area contributed by atoms with Crippen LogP contribution in [-0.2, 0) is 4.79 Å². The summed E-state index contributed by atoms with van der Waals surface area (Å²) in [6.07, 6.45) is 1.37. The Morgan fingerprint density at radius 3 is 2.35 bits per heavy atom. The first-order valence-electron chi connectivity index (χ1n) is 7.22. The van der Waals surface area contributed by atoms with E-state index in [-0.39, 0.29) is 12.5 Å². The summed E-state index contributed by atoms with van der Waals surface area (Å²) in [4.78, 5) is 28.4. The van der Waals surface area contributed by atoms with Gasteiger partial charge in [-0.2, -0.15) is 0 Å². The number of amides is 2. The molecule has 114 valence electrons. The predicted octanol–water partition coefficient (Wildman–Crippen LogP) is -0.345. The van der Waals surface area contributed by atoms with Gasteiger partial charge in [0.15, 0.2) is 0 Å². The standard InChI is InChI=1S/C13H23N3O4/c17-11-2-1-4-16(10-11)13(20)15-8-6-14(7-9-15)5-3-12(18)19/h11,17H,1-10H2,(H,18,19). The lowest BCUT2D eigenvalue weighted by Crippen LogP contribution is -2.55. The van der Waals surface area contributed by atoms with Crippen LogP contribution < -0.4 is 0 Å². The molecular formula is C13H23N3O4. The van der Waals surface area contributed by atoms with E-state index in [0.717, 1.165) is 32.5 Å². The summed E-state index contributed by atoms with van der Waals surface area (Å²) >= 11 is 0. The average Bonchev–Trinajstić information content (AvgIpc) is 2.45. The van der Waals surface area contributed by atoms with E-state index in [4.69, 9.17) is 5.11 Å². The van der Waals surface area contributed by atoms with E-state index in [1.165, 1.54) is 0 Å². The Labute approximate surface area is 118 Å². The van der Waals surface area contributed by atoms with Crippen LogP contribution in [0, 0.1) is 0 Å². The SMILES string of the molecule is O=C(O)CCN1CCN(C(=O)N2CCCC(O)C2)CC1. The van der Waals surface area contributed by atoms with Crippen molar-refractivity contribution in [2.45, 2.75) is 25.4 Å². The van der Waals surface area contributed by atoms with Crippen LogP contribution in [0.1, 0.15) is 19.3 Å². The van der Waals surface area contributed by atoms with Crippen molar-refractivity contribution in [2.24, 2.45) is 0 Å². The summed E-state index contributed by atoms with van der Waals surface area (Å²) in [7, 11) is 0. The van der Waals surface area contributed by atoms with Gasteiger partial charge in [0.2, 0.25) is 0 Å². The predicted molar refractivity (Wildman–Crippen MR) is 72.5 cm³/mol. The number of piperidine rings is 1. The third-order valence-corrected chi connectivity index (χ3v) is 3.95. The quantitative estimate of drug-likeness (QED) is 0.741. The third kappa shape index (κ3) is 4.08. The molecule has 0 radical (unpaired) electrons. The van der Waals surface area contributed by atoms with E-state index in [1.54, 1.807) is 9.80 Å². The van der Waals surface area contributed by atoms with Gasteiger partial charge in [-0.3, -0.25) is 9.69 Å². The van der Waals surface area contributed by atoms with Crippen molar-refractivity contribution in [1.82, 2.24) is 14.7 Å². The van der Waals surface area contributed by atoms with Crippen LogP contribution in [0.4, 0.5) is 4.79 Å². The maximum absolute atomic E-state index is 12.3. The first kappa shape index (κ1) is 15.1. The average molecular weight is 285 g/mol. The minimum absolute atomic E-state index is 0.00151. The molecule has 20 heavy (non-hydrogen) atoms. The zero-order valence-corrected chi connectivity index (χ0v) is 11.7. The number of hydrogen-bond donors (Lipinski definition) is 2. The van der Waals surface area contributed by atoms with Crippen molar-refractivity contribution in [3.63, 3.8) is 0 Å². The molecule has 2 aliphatic heterocycles. The zero-order valence-electron chi connectivity index (χ0n) is 11.7. The number of rotatable bonds is 3. The van der Waals surface area contributed by atoms with Gasteiger partial charge >= 0.3 is 12.0 Å². The van der Waals surface area contributed by atoms with Gasteiger partial charge in [0, 0.05) is 45.8 Å². The van der Waals surface area contributed by atoms with Crippen molar-refractivity contribution >= 4 is 12.0 Å². The number of carboxylic acid groups (broad SMARTS) is 1. The summed E-state index contributed by atoms with van der Waals surface area (Å²) in [6, 6.07) is 0.00151. The monoisotopic (exact) mass is 285 g/mol. The van der Waals surface area contributed by atoms with Crippen LogP contribution >= 0.6 is 0 Å². The van der Waals surface area contributed by atoms with Crippen molar-refractivity contribution in [3.05, 3.63) is 0 Å². The highest BCUT2D eigenvalue weighted by Crippen LogP contribution is 2.13. The van der Waals surface area contributed by atoms with Crippen LogP contribution in [0.25, 0.3) is 0 Å². The van der Waals surface area contributed by atoms with E-state index in [0.29, 0.717) is 26.2 Å². The first-order valence-corrected chi connectivity index (χ1v) is 7.22. The van der Waals surface area contributed by atoms with E-state index in [9.17, 15) is 14.7 Å². The van der Waals surface area contributed by atoms with Gasteiger partial charge in [0.05, 0.1) is 12.5 Å². The molecule has 1 atom stereocenters. The van der Waals surface area contributed by atoms with Crippen molar-refractivity contribution in [2.75, 3.05) is 45.8 Å². The fourth-order valence-electron chi connectivity index (χ4n) is 2.75. The summed E-state index contributed by atoms with van der Waals surface area (Å²) < 4.78 is 0. The van der Waals surface area contributed by atoms with Gasteiger partial charge in [-0.05, 0) is 12.8 Å². The molecule has 0 aromatic rings. The molecule has 0 bridgehead atoms. The Morgan fingerprint density at radius 2 is 1.75 bits per heavy atom. The number of piperazine rings is 1. The van der Waals surface area contributed by atoms with Crippen molar-refractivity contribution in [3.8, 4) is 0 Å². The van der Waals surface area contributed by atoms with Gasteiger partial charge in [0.1, 0.15) is 0 Å². The summed E-state index contributed by atoms with van der Waals surface area (Å²) in [5.74, 6) is -0.786. The number of nitrogens with zero attached hydrogens (tertiary/aromatic N) is 3. The summed E-state index contributed by atoms with van der Waals surface area (Å²) in [5.41, 5.74) is 0. The molecule has 2 heterocycles. The number of carbonyl (C=O) groups excluding carboxylic acids is 1. The first-order chi connectivity index (χ1) is 9.56. The normalized spacial score (nSPS) is 24.8. The van der Waals surface area contributed by atoms with Gasteiger partial charge in [-0.15, -0.1) is 0 Å². The van der Waals surface area contributed by atoms with Gasteiger partial charge in [-0.25, -0.2) is 4.79 Å². The molecule has 0 saturated carbocycles. The molecule has 0 aromatic heterocycles. The maximum atomic E-state index is 12.3. The number of carbonyl (C=O) groups is 2. The number of aliphatic carboxylic acids is 1. The highest BCUT2D eigenvalue weighted by Gasteiger charge is 2.28. The second-order valence-corrected chi connectivity index (χ2v) is 5.50. The number of aliphatic hydroxyl groups excluding tert-OH is 1. The van der Waals surface area contributed by atoms with E-state index >= 15 is 0 Å². The zero-order chi connectivity index (χ0) is 14.5. The Kier molecular flexibility index (Phi) is 5.19. The van der Waals surface area contributed by atoms with Gasteiger partial charge in [0.25, 0.3) is 0 Å². The molecule has 2 fully saturated rings. The molecule has 0 spiro atoms. The molecule has 0 aliphatic carbocycles. The lowest BCUT2D eigenvalue weighted by molar-refractivity contribution is -0.137. The number of β-amino-alcohol motifs (C(OH)–C–C–N with tert-alkyl or cyclic N) is 1. The van der Waals surface area contributed by atoms with E-state index < -0.39 is 12.1 Å². The molecule has 2 saturated heterocycles.